The van der Waals surface area contributed by atoms with Crippen molar-refractivity contribution in [3.63, 3.8) is 0 Å². The number of ether oxygens (including phenoxy) is 5. The highest BCUT2D eigenvalue weighted by atomic mass is 16.6. The van der Waals surface area contributed by atoms with Crippen molar-refractivity contribution >= 4 is 0 Å². The van der Waals surface area contributed by atoms with Gasteiger partial charge in [0.25, 0.3) is 0 Å². The molecule has 8 atom stereocenters. The van der Waals surface area contributed by atoms with Gasteiger partial charge in [-0.3, -0.25) is 0 Å². The van der Waals surface area contributed by atoms with Crippen LogP contribution in [0, 0.1) is 23.2 Å². The molecule has 184 valence electrons. The lowest BCUT2D eigenvalue weighted by molar-refractivity contribution is -0.0794. The van der Waals surface area contributed by atoms with Crippen molar-refractivity contribution in [2.24, 2.45) is 23.2 Å². The first-order chi connectivity index (χ1) is 15.6. The van der Waals surface area contributed by atoms with E-state index in [4.69, 9.17) is 23.7 Å². The number of epoxide rings is 2. The van der Waals surface area contributed by atoms with Gasteiger partial charge in [-0.25, -0.2) is 0 Å². The standard InChI is InChI=1S/C26H44O6/c1-26(15-28-12-18-3-2-4-21(27)9-18,16-29-13-19-5-7-22-24(10-19)31-22)17-30-14-20-6-8-23-25(11-20)32-23/h18-25,27H,2-17H2,1H3. The van der Waals surface area contributed by atoms with Gasteiger partial charge < -0.3 is 28.8 Å². The van der Waals surface area contributed by atoms with Crippen LogP contribution in [0.25, 0.3) is 0 Å². The van der Waals surface area contributed by atoms with Crippen molar-refractivity contribution in [2.45, 2.75) is 102 Å². The molecule has 8 unspecified atom stereocenters. The zero-order chi connectivity index (χ0) is 22.0. The summed E-state index contributed by atoms with van der Waals surface area (Å²) in [6.45, 7) is 6.61. The summed E-state index contributed by atoms with van der Waals surface area (Å²) in [5.41, 5.74) is -0.145. The third-order valence-corrected chi connectivity index (χ3v) is 8.39. The minimum absolute atomic E-state index is 0.145. The topological polar surface area (TPSA) is 73.0 Å². The van der Waals surface area contributed by atoms with E-state index >= 15 is 0 Å². The van der Waals surface area contributed by atoms with Gasteiger partial charge in [0.2, 0.25) is 0 Å². The van der Waals surface area contributed by atoms with Crippen molar-refractivity contribution in [2.75, 3.05) is 39.6 Å². The number of hydrogen-bond acceptors (Lipinski definition) is 6. The first kappa shape index (κ1) is 23.5. The van der Waals surface area contributed by atoms with Crippen LogP contribution in [0.4, 0.5) is 0 Å². The van der Waals surface area contributed by atoms with Crippen LogP contribution >= 0.6 is 0 Å². The second-order valence-electron chi connectivity index (χ2n) is 11.8. The van der Waals surface area contributed by atoms with Crippen molar-refractivity contribution < 1.29 is 28.8 Å². The van der Waals surface area contributed by atoms with Crippen LogP contribution < -0.4 is 0 Å². The summed E-state index contributed by atoms with van der Waals surface area (Å²) in [5.74, 6) is 1.73. The first-order valence-electron chi connectivity index (χ1n) is 13.3. The zero-order valence-corrected chi connectivity index (χ0v) is 19.9. The van der Waals surface area contributed by atoms with E-state index in [-0.39, 0.29) is 11.5 Å². The molecule has 32 heavy (non-hydrogen) atoms. The predicted octanol–water partition coefficient (Wildman–Crippen LogP) is 3.73. The van der Waals surface area contributed by atoms with Crippen molar-refractivity contribution in [1.82, 2.24) is 0 Å². The highest BCUT2D eigenvalue weighted by Crippen LogP contribution is 2.40. The van der Waals surface area contributed by atoms with Gasteiger partial charge in [0.1, 0.15) is 0 Å². The highest BCUT2D eigenvalue weighted by Gasteiger charge is 2.45. The molecule has 3 saturated carbocycles. The Hall–Kier alpha value is -0.240. The minimum Gasteiger partial charge on any atom is -0.393 e. The Labute approximate surface area is 193 Å². The van der Waals surface area contributed by atoms with E-state index in [1.165, 1.54) is 32.1 Å². The Bertz CT molecular complexity index is 546. The molecule has 0 radical (unpaired) electrons. The molecular weight excluding hydrogens is 408 g/mol. The Morgan fingerprint density at radius 2 is 1.16 bits per heavy atom. The minimum atomic E-state index is -0.147. The van der Waals surface area contributed by atoms with E-state index < -0.39 is 0 Å². The van der Waals surface area contributed by atoms with E-state index in [1.54, 1.807) is 0 Å². The molecule has 2 aliphatic heterocycles. The zero-order valence-electron chi connectivity index (χ0n) is 19.9. The Kier molecular flexibility index (Phi) is 7.76. The van der Waals surface area contributed by atoms with Gasteiger partial charge >= 0.3 is 0 Å². The van der Waals surface area contributed by atoms with Crippen LogP contribution in [-0.2, 0) is 23.7 Å². The molecule has 6 nitrogen and oxygen atoms in total. The molecule has 0 spiro atoms. The fourth-order valence-corrected chi connectivity index (χ4v) is 6.23. The molecule has 2 saturated heterocycles. The van der Waals surface area contributed by atoms with Gasteiger partial charge in [0.15, 0.2) is 0 Å². The van der Waals surface area contributed by atoms with Gasteiger partial charge in [0, 0.05) is 25.2 Å². The van der Waals surface area contributed by atoms with Crippen LogP contribution in [0.2, 0.25) is 0 Å². The molecule has 0 aromatic carbocycles. The van der Waals surface area contributed by atoms with Gasteiger partial charge in [-0.1, -0.05) is 13.3 Å². The summed E-state index contributed by atoms with van der Waals surface area (Å²) in [4.78, 5) is 0. The quantitative estimate of drug-likeness (QED) is 0.455. The lowest BCUT2D eigenvalue weighted by atomic mass is 9.87. The largest absolute Gasteiger partial charge is 0.393 e. The molecule has 5 aliphatic rings. The molecule has 0 amide bonds. The van der Waals surface area contributed by atoms with Crippen LogP contribution in [-0.4, -0.2) is 75.3 Å². The maximum atomic E-state index is 9.95. The third kappa shape index (κ3) is 6.67. The molecule has 1 N–H and O–H groups in total. The maximum Gasteiger partial charge on any atom is 0.0845 e. The van der Waals surface area contributed by atoms with Crippen LogP contribution in [0.3, 0.4) is 0 Å². The molecular formula is C26H44O6. The Morgan fingerprint density at radius 1 is 0.656 bits per heavy atom. The summed E-state index contributed by atoms with van der Waals surface area (Å²) in [6, 6.07) is 0. The molecule has 0 bridgehead atoms. The number of aliphatic hydroxyl groups is 1. The van der Waals surface area contributed by atoms with Gasteiger partial charge in [-0.2, -0.15) is 0 Å². The second kappa shape index (κ2) is 10.6. The van der Waals surface area contributed by atoms with Crippen molar-refractivity contribution in [3.05, 3.63) is 0 Å². The number of aliphatic hydroxyl groups excluding tert-OH is 1. The number of hydrogen-bond donors (Lipinski definition) is 1. The van der Waals surface area contributed by atoms with E-state index in [2.05, 4.69) is 6.92 Å². The van der Waals surface area contributed by atoms with Crippen LogP contribution in [0.15, 0.2) is 0 Å². The average Bonchev–Trinajstić information content (AvgIpc) is 3.68. The van der Waals surface area contributed by atoms with Gasteiger partial charge in [-0.05, 0) is 75.5 Å². The SMILES string of the molecule is CC(COCC1CCCC(O)C1)(COCC1CCC2OC2C1)COCC1CCC2OC2C1. The van der Waals surface area contributed by atoms with Crippen LogP contribution in [0.1, 0.15) is 71.1 Å². The van der Waals surface area contributed by atoms with Crippen molar-refractivity contribution in [3.8, 4) is 0 Å². The van der Waals surface area contributed by atoms with Crippen molar-refractivity contribution in [1.29, 1.82) is 0 Å². The molecule has 6 heteroatoms. The van der Waals surface area contributed by atoms with Crippen LogP contribution in [0.5, 0.6) is 0 Å². The summed E-state index contributed by atoms with van der Waals surface area (Å²) in [7, 11) is 0. The fraction of sp³-hybridized carbons (Fsp3) is 1.00. The van der Waals surface area contributed by atoms with E-state index in [9.17, 15) is 5.11 Å². The van der Waals surface area contributed by atoms with E-state index in [0.29, 0.717) is 62.0 Å². The maximum absolute atomic E-state index is 9.95. The average molecular weight is 453 g/mol. The lowest BCUT2D eigenvalue weighted by Crippen LogP contribution is -2.37. The molecule has 3 aliphatic carbocycles. The summed E-state index contributed by atoms with van der Waals surface area (Å²) in [6.07, 6.45) is 13.2. The Balaban J connectivity index is 1.05. The first-order valence-corrected chi connectivity index (χ1v) is 13.3. The molecule has 2 heterocycles. The Morgan fingerprint density at radius 3 is 1.62 bits per heavy atom. The summed E-state index contributed by atoms with van der Waals surface area (Å²) in [5, 5.41) is 9.95. The third-order valence-electron chi connectivity index (χ3n) is 8.39. The molecule has 0 aromatic rings. The molecule has 0 aromatic heterocycles. The smallest absolute Gasteiger partial charge is 0.0845 e. The number of rotatable bonds is 12. The molecule has 5 rings (SSSR count). The summed E-state index contributed by atoms with van der Waals surface area (Å²) < 4.78 is 30.1. The highest BCUT2D eigenvalue weighted by molar-refractivity contribution is 4.92. The lowest BCUT2D eigenvalue weighted by Gasteiger charge is -2.32. The fourth-order valence-electron chi connectivity index (χ4n) is 6.23. The van der Waals surface area contributed by atoms with Gasteiger partial charge in [0.05, 0.1) is 50.3 Å². The molecule has 5 fully saturated rings. The second-order valence-corrected chi connectivity index (χ2v) is 11.8. The van der Waals surface area contributed by atoms with E-state index in [1.807, 2.05) is 0 Å². The normalized spacial score (nSPS) is 42.6. The van der Waals surface area contributed by atoms with Gasteiger partial charge in [-0.15, -0.1) is 0 Å². The number of fused-ring (bicyclic) bond motifs is 2. The summed E-state index contributed by atoms with van der Waals surface area (Å²) >= 11 is 0. The predicted molar refractivity (Wildman–Crippen MR) is 121 cm³/mol. The van der Waals surface area contributed by atoms with E-state index in [0.717, 1.165) is 51.9 Å². The monoisotopic (exact) mass is 452 g/mol.